The maximum Gasteiger partial charge on any atom is 0.267 e. The van der Waals surface area contributed by atoms with Gasteiger partial charge in [0.25, 0.3) is 5.91 Å². The largest absolute Gasteiger partial charge is 0.350 e. The second-order valence-electron chi connectivity index (χ2n) is 6.33. The molecule has 0 spiro atoms. The fraction of sp³-hybridized carbons (Fsp3) is 0.529. The summed E-state index contributed by atoms with van der Waals surface area (Å²) in [6.45, 7) is 9.09. The van der Waals surface area contributed by atoms with Gasteiger partial charge in [0, 0.05) is 43.6 Å². The average molecular weight is 302 g/mol. The van der Waals surface area contributed by atoms with Crippen molar-refractivity contribution in [1.82, 2.24) is 19.7 Å². The summed E-state index contributed by atoms with van der Waals surface area (Å²) in [6, 6.07) is 6.07. The maximum atomic E-state index is 12.5. The Bertz CT molecular complexity index is 624. The molecule has 0 saturated heterocycles. The number of amides is 1. The molecule has 0 fully saturated rings. The van der Waals surface area contributed by atoms with E-state index < -0.39 is 0 Å². The van der Waals surface area contributed by atoms with Gasteiger partial charge in [-0.2, -0.15) is 5.10 Å². The molecule has 0 aliphatic heterocycles. The number of carbonyl (C=O) groups is 1. The topological polar surface area (TPSA) is 51.9 Å². The summed E-state index contributed by atoms with van der Waals surface area (Å²) in [5, 5.41) is 7.31. The quantitative estimate of drug-likeness (QED) is 0.892. The molecule has 0 radical (unpaired) electrons. The van der Waals surface area contributed by atoms with Gasteiger partial charge in [0.05, 0.1) is 0 Å². The fourth-order valence-corrected chi connectivity index (χ4v) is 2.76. The van der Waals surface area contributed by atoms with E-state index in [4.69, 9.17) is 0 Å². The predicted molar refractivity (Wildman–Crippen MR) is 87.9 cm³/mol. The molecular formula is C17H26N4O. The third kappa shape index (κ3) is 3.40. The first-order valence-electron chi connectivity index (χ1n) is 7.84. The van der Waals surface area contributed by atoms with Gasteiger partial charge in [0.1, 0.15) is 5.69 Å². The van der Waals surface area contributed by atoms with E-state index in [1.54, 1.807) is 6.20 Å². The first kappa shape index (κ1) is 16.3. The standard InChI is InChI=1S/C17H26N4O/c1-12(2)14(15-8-9-19-20(15)5)11-18-17(22)16-7-6-10-21(16)13(3)4/h6-10,12-14H,11H2,1-5H3,(H,18,22). The molecule has 0 aliphatic carbocycles. The van der Waals surface area contributed by atoms with E-state index in [0.717, 1.165) is 5.69 Å². The van der Waals surface area contributed by atoms with E-state index in [9.17, 15) is 4.79 Å². The van der Waals surface area contributed by atoms with Crippen molar-refractivity contribution in [2.24, 2.45) is 13.0 Å². The molecule has 1 unspecified atom stereocenters. The van der Waals surface area contributed by atoms with Gasteiger partial charge in [-0.15, -0.1) is 0 Å². The third-order valence-electron chi connectivity index (χ3n) is 4.09. The zero-order chi connectivity index (χ0) is 16.3. The van der Waals surface area contributed by atoms with Crippen LogP contribution in [0.2, 0.25) is 0 Å². The summed E-state index contributed by atoms with van der Waals surface area (Å²) in [7, 11) is 1.94. The molecule has 0 aliphatic rings. The fourth-order valence-electron chi connectivity index (χ4n) is 2.76. The zero-order valence-electron chi connectivity index (χ0n) is 14.1. The normalized spacial score (nSPS) is 12.9. The third-order valence-corrected chi connectivity index (χ3v) is 4.09. The van der Waals surface area contributed by atoms with Gasteiger partial charge in [-0.1, -0.05) is 13.8 Å². The molecule has 2 heterocycles. The zero-order valence-corrected chi connectivity index (χ0v) is 14.1. The lowest BCUT2D eigenvalue weighted by Gasteiger charge is -2.22. The summed E-state index contributed by atoms with van der Waals surface area (Å²) in [5.74, 6) is 0.651. The number of aryl methyl sites for hydroxylation is 1. The van der Waals surface area contributed by atoms with Crippen LogP contribution in [0.4, 0.5) is 0 Å². The van der Waals surface area contributed by atoms with Crippen molar-refractivity contribution in [3.63, 3.8) is 0 Å². The van der Waals surface area contributed by atoms with Crippen LogP contribution in [-0.2, 0) is 7.05 Å². The van der Waals surface area contributed by atoms with Gasteiger partial charge in [0.15, 0.2) is 0 Å². The van der Waals surface area contributed by atoms with Crippen molar-refractivity contribution < 1.29 is 4.79 Å². The van der Waals surface area contributed by atoms with Gasteiger partial charge in [0.2, 0.25) is 0 Å². The lowest BCUT2D eigenvalue weighted by atomic mass is 9.92. The van der Waals surface area contributed by atoms with Crippen molar-refractivity contribution in [3.8, 4) is 0 Å². The Balaban J connectivity index is 2.08. The van der Waals surface area contributed by atoms with Crippen molar-refractivity contribution >= 4 is 5.91 Å². The molecular weight excluding hydrogens is 276 g/mol. The van der Waals surface area contributed by atoms with Crippen LogP contribution in [-0.4, -0.2) is 26.8 Å². The summed E-state index contributed by atoms with van der Waals surface area (Å²) in [6.07, 6.45) is 3.75. The van der Waals surface area contributed by atoms with E-state index in [2.05, 4.69) is 38.1 Å². The van der Waals surface area contributed by atoms with E-state index in [0.29, 0.717) is 18.2 Å². The minimum atomic E-state index is -0.0217. The van der Waals surface area contributed by atoms with Gasteiger partial charge in [-0.25, -0.2) is 0 Å². The van der Waals surface area contributed by atoms with Crippen LogP contribution in [0.3, 0.4) is 0 Å². The van der Waals surface area contributed by atoms with Crippen LogP contribution >= 0.6 is 0 Å². The SMILES string of the molecule is CC(C)C(CNC(=O)c1cccn1C(C)C)c1ccnn1C. The summed E-state index contributed by atoms with van der Waals surface area (Å²) >= 11 is 0. The predicted octanol–water partition coefficient (Wildman–Crippen LogP) is 2.97. The Morgan fingerprint density at radius 1 is 1.27 bits per heavy atom. The van der Waals surface area contributed by atoms with Crippen molar-refractivity contribution in [1.29, 1.82) is 0 Å². The molecule has 0 aromatic carbocycles. The van der Waals surface area contributed by atoms with Crippen molar-refractivity contribution in [3.05, 3.63) is 42.0 Å². The molecule has 2 aromatic rings. The number of nitrogens with one attached hydrogen (secondary N) is 1. The van der Waals surface area contributed by atoms with Crippen LogP contribution in [0.5, 0.6) is 0 Å². The van der Waals surface area contributed by atoms with Gasteiger partial charge in [-0.05, 0) is 38.0 Å². The highest BCUT2D eigenvalue weighted by Gasteiger charge is 2.21. The minimum absolute atomic E-state index is 0.0217. The molecule has 120 valence electrons. The smallest absolute Gasteiger partial charge is 0.267 e. The molecule has 1 N–H and O–H groups in total. The number of hydrogen-bond donors (Lipinski definition) is 1. The molecule has 0 bridgehead atoms. The average Bonchev–Trinajstić information content (AvgIpc) is 3.08. The van der Waals surface area contributed by atoms with E-state index >= 15 is 0 Å². The molecule has 1 atom stereocenters. The number of hydrogen-bond acceptors (Lipinski definition) is 2. The molecule has 2 aromatic heterocycles. The molecule has 5 heteroatoms. The highest BCUT2D eigenvalue weighted by atomic mass is 16.1. The van der Waals surface area contributed by atoms with E-state index in [-0.39, 0.29) is 17.9 Å². The highest BCUT2D eigenvalue weighted by molar-refractivity contribution is 5.92. The lowest BCUT2D eigenvalue weighted by molar-refractivity contribution is 0.0938. The van der Waals surface area contributed by atoms with Gasteiger partial charge in [-0.3, -0.25) is 9.48 Å². The van der Waals surface area contributed by atoms with Gasteiger partial charge >= 0.3 is 0 Å². The minimum Gasteiger partial charge on any atom is -0.350 e. The summed E-state index contributed by atoms with van der Waals surface area (Å²) in [4.78, 5) is 12.5. The Morgan fingerprint density at radius 3 is 2.55 bits per heavy atom. The second-order valence-corrected chi connectivity index (χ2v) is 6.33. The Hall–Kier alpha value is -2.04. The van der Waals surface area contributed by atoms with Crippen molar-refractivity contribution in [2.75, 3.05) is 6.54 Å². The van der Waals surface area contributed by atoms with E-state index in [1.807, 2.05) is 40.7 Å². The molecule has 0 saturated carbocycles. The number of carbonyl (C=O) groups excluding carboxylic acids is 1. The van der Waals surface area contributed by atoms with Crippen LogP contribution < -0.4 is 5.32 Å². The van der Waals surface area contributed by atoms with Crippen LogP contribution in [0.1, 0.15) is 55.8 Å². The maximum absolute atomic E-state index is 12.5. The first-order chi connectivity index (χ1) is 10.4. The molecule has 2 rings (SSSR count). The van der Waals surface area contributed by atoms with Crippen LogP contribution in [0, 0.1) is 5.92 Å². The molecule has 5 nitrogen and oxygen atoms in total. The lowest BCUT2D eigenvalue weighted by Crippen LogP contribution is -2.32. The van der Waals surface area contributed by atoms with Crippen molar-refractivity contribution in [2.45, 2.75) is 39.7 Å². The van der Waals surface area contributed by atoms with Crippen LogP contribution in [0.25, 0.3) is 0 Å². The Morgan fingerprint density at radius 2 is 2.00 bits per heavy atom. The number of rotatable bonds is 6. The monoisotopic (exact) mass is 302 g/mol. The van der Waals surface area contributed by atoms with E-state index in [1.165, 1.54) is 0 Å². The van der Waals surface area contributed by atoms with Crippen LogP contribution in [0.15, 0.2) is 30.6 Å². The number of aromatic nitrogens is 3. The Labute approximate surface area is 132 Å². The second kappa shape index (κ2) is 6.81. The Kier molecular flexibility index (Phi) is 5.06. The van der Waals surface area contributed by atoms with Gasteiger partial charge < -0.3 is 9.88 Å². The molecule has 22 heavy (non-hydrogen) atoms. The summed E-state index contributed by atoms with van der Waals surface area (Å²) in [5.41, 5.74) is 1.86. The number of nitrogens with zero attached hydrogens (tertiary/aromatic N) is 3. The first-order valence-corrected chi connectivity index (χ1v) is 7.84. The summed E-state index contributed by atoms with van der Waals surface area (Å²) < 4.78 is 3.87. The highest BCUT2D eigenvalue weighted by Crippen LogP contribution is 2.23. The molecule has 1 amide bonds.